The predicted molar refractivity (Wildman–Crippen MR) is 87.7 cm³/mol. The highest BCUT2D eigenvalue weighted by molar-refractivity contribution is 5.94. The van der Waals surface area contributed by atoms with Gasteiger partial charge in [-0.2, -0.15) is 0 Å². The van der Waals surface area contributed by atoms with Crippen molar-refractivity contribution in [2.45, 2.75) is 18.9 Å². The second kappa shape index (κ2) is 7.25. The predicted octanol–water partition coefficient (Wildman–Crippen LogP) is 2.02. The number of amides is 1. The lowest BCUT2D eigenvalue weighted by Gasteiger charge is -2.32. The van der Waals surface area contributed by atoms with Gasteiger partial charge in [-0.3, -0.25) is 4.79 Å². The Labute approximate surface area is 139 Å². The third kappa shape index (κ3) is 3.61. The maximum Gasteiger partial charge on any atom is 0.251 e. The monoisotopic (exact) mass is 330 g/mol. The number of halogens is 1. The average Bonchev–Trinajstić information content (AvgIpc) is 2.63. The third-order valence-corrected chi connectivity index (χ3v) is 4.08. The molecule has 0 saturated carbocycles. The van der Waals surface area contributed by atoms with Crippen molar-refractivity contribution in [1.29, 1.82) is 0 Å². The fourth-order valence-electron chi connectivity index (χ4n) is 2.75. The van der Waals surface area contributed by atoms with Crippen molar-refractivity contribution in [3.63, 3.8) is 0 Å². The summed E-state index contributed by atoms with van der Waals surface area (Å²) >= 11 is 0. The molecule has 1 fully saturated rings. The minimum Gasteiger partial charge on any atom is -0.494 e. The van der Waals surface area contributed by atoms with E-state index in [1.807, 2.05) is 0 Å². The quantitative estimate of drug-likeness (QED) is 0.929. The number of carbonyl (C=O) groups is 1. The van der Waals surface area contributed by atoms with Crippen LogP contribution in [0.5, 0.6) is 5.75 Å². The van der Waals surface area contributed by atoms with E-state index in [1.165, 1.54) is 19.2 Å². The molecule has 1 amide bonds. The maximum absolute atomic E-state index is 13.7. The zero-order chi connectivity index (χ0) is 16.9. The highest BCUT2D eigenvalue weighted by Crippen LogP contribution is 2.19. The number of anilines is 1. The van der Waals surface area contributed by atoms with Crippen LogP contribution in [0, 0.1) is 5.82 Å². The van der Waals surface area contributed by atoms with Crippen molar-refractivity contribution >= 4 is 11.9 Å². The number of piperidine rings is 1. The molecule has 6 nitrogen and oxygen atoms in total. The van der Waals surface area contributed by atoms with Crippen molar-refractivity contribution < 1.29 is 13.9 Å². The first kappa shape index (κ1) is 16.2. The molecule has 24 heavy (non-hydrogen) atoms. The summed E-state index contributed by atoms with van der Waals surface area (Å²) in [4.78, 5) is 22.8. The van der Waals surface area contributed by atoms with Crippen molar-refractivity contribution in [3.8, 4) is 5.75 Å². The van der Waals surface area contributed by atoms with E-state index in [1.54, 1.807) is 24.5 Å². The Hall–Kier alpha value is -2.70. The number of benzene rings is 1. The number of nitrogens with one attached hydrogen (secondary N) is 1. The zero-order valence-corrected chi connectivity index (χ0v) is 13.4. The van der Waals surface area contributed by atoms with E-state index < -0.39 is 5.82 Å². The van der Waals surface area contributed by atoms with Crippen LogP contribution in [0.1, 0.15) is 23.2 Å². The first-order valence-corrected chi connectivity index (χ1v) is 7.84. The van der Waals surface area contributed by atoms with Gasteiger partial charge in [0, 0.05) is 37.1 Å². The van der Waals surface area contributed by atoms with Gasteiger partial charge in [-0.25, -0.2) is 14.4 Å². The number of methoxy groups -OCH3 is 1. The standard InChI is InChI=1S/C17H19FN4O2/c1-24-15-4-3-12(11-14(15)18)16(23)21-13-5-9-22(10-6-13)17-19-7-2-8-20-17/h2-4,7-8,11,13H,5-6,9-10H2,1H3,(H,21,23). The smallest absolute Gasteiger partial charge is 0.251 e. The minimum atomic E-state index is -0.541. The van der Waals surface area contributed by atoms with Crippen LogP contribution in [0.15, 0.2) is 36.7 Å². The van der Waals surface area contributed by atoms with Crippen LogP contribution in [0.4, 0.5) is 10.3 Å². The summed E-state index contributed by atoms with van der Waals surface area (Å²) in [5, 5.41) is 2.96. The number of aromatic nitrogens is 2. The van der Waals surface area contributed by atoms with Gasteiger partial charge < -0.3 is 15.0 Å². The number of carbonyl (C=O) groups excluding carboxylic acids is 1. The van der Waals surface area contributed by atoms with Crippen LogP contribution in [-0.4, -0.2) is 42.1 Å². The van der Waals surface area contributed by atoms with Crippen LogP contribution in [0.2, 0.25) is 0 Å². The molecule has 0 spiro atoms. The first-order valence-electron chi connectivity index (χ1n) is 7.84. The Balaban J connectivity index is 1.56. The molecule has 0 aliphatic carbocycles. The molecule has 2 aromatic rings. The number of rotatable bonds is 4. The Bertz CT molecular complexity index is 703. The topological polar surface area (TPSA) is 67.3 Å². The van der Waals surface area contributed by atoms with Crippen molar-refractivity contribution in [2.24, 2.45) is 0 Å². The second-order valence-electron chi connectivity index (χ2n) is 5.63. The molecule has 0 atom stereocenters. The van der Waals surface area contributed by atoms with Crippen LogP contribution in [0.25, 0.3) is 0 Å². The summed E-state index contributed by atoms with van der Waals surface area (Å²) < 4.78 is 18.6. The Kier molecular flexibility index (Phi) is 4.88. The van der Waals surface area contributed by atoms with Crippen LogP contribution in [0.3, 0.4) is 0 Å². The molecule has 1 N–H and O–H groups in total. The van der Waals surface area contributed by atoms with E-state index in [0.29, 0.717) is 11.5 Å². The van der Waals surface area contributed by atoms with Gasteiger partial charge in [0.15, 0.2) is 11.6 Å². The highest BCUT2D eigenvalue weighted by Gasteiger charge is 2.22. The summed E-state index contributed by atoms with van der Waals surface area (Å²) in [5.41, 5.74) is 0.294. The minimum absolute atomic E-state index is 0.0580. The van der Waals surface area contributed by atoms with Gasteiger partial charge in [0.25, 0.3) is 5.91 Å². The second-order valence-corrected chi connectivity index (χ2v) is 5.63. The lowest BCUT2D eigenvalue weighted by Crippen LogP contribution is -2.45. The van der Waals surface area contributed by atoms with Gasteiger partial charge in [0.05, 0.1) is 7.11 Å². The molecular weight excluding hydrogens is 311 g/mol. The van der Waals surface area contributed by atoms with Crippen molar-refractivity contribution in [2.75, 3.05) is 25.1 Å². The van der Waals surface area contributed by atoms with Gasteiger partial charge in [0.1, 0.15) is 0 Å². The van der Waals surface area contributed by atoms with Crippen LogP contribution >= 0.6 is 0 Å². The molecule has 2 heterocycles. The summed E-state index contributed by atoms with van der Waals surface area (Å²) in [6.07, 6.45) is 5.02. The molecule has 1 aromatic heterocycles. The molecule has 3 rings (SSSR count). The van der Waals surface area contributed by atoms with Gasteiger partial charge in [-0.05, 0) is 37.1 Å². The fraction of sp³-hybridized carbons (Fsp3) is 0.353. The number of ether oxygens (including phenoxy) is 1. The third-order valence-electron chi connectivity index (χ3n) is 4.08. The molecule has 0 unspecified atom stereocenters. The van der Waals surface area contributed by atoms with Crippen LogP contribution < -0.4 is 15.0 Å². The van der Waals surface area contributed by atoms with E-state index in [9.17, 15) is 9.18 Å². The van der Waals surface area contributed by atoms with E-state index in [2.05, 4.69) is 20.2 Å². The van der Waals surface area contributed by atoms with E-state index in [0.717, 1.165) is 25.9 Å². The van der Waals surface area contributed by atoms with E-state index >= 15 is 0 Å². The SMILES string of the molecule is COc1ccc(C(=O)NC2CCN(c3ncccn3)CC2)cc1F. The zero-order valence-electron chi connectivity index (χ0n) is 13.4. The van der Waals surface area contributed by atoms with Gasteiger partial charge >= 0.3 is 0 Å². The largest absolute Gasteiger partial charge is 0.494 e. The summed E-state index contributed by atoms with van der Waals surface area (Å²) in [7, 11) is 1.39. The molecule has 0 bridgehead atoms. The normalized spacial score (nSPS) is 15.2. The molecule has 1 aliphatic heterocycles. The first-order chi connectivity index (χ1) is 11.7. The molecule has 1 saturated heterocycles. The molecule has 1 aliphatic rings. The summed E-state index contributed by atoms with van der Waals surface area (Å²) in [5.74, 6) is 0.0226. The molecule has 1 aromatic carbocycles. The van der Waals surface area contributed by atoms with Crippen molar-refractivity contribution in [3.05, 3.63) is 48.0 Å². The van der Waals surface area contributed by atoms with Crippen LogP contribution in [-0.2, 0) is 0 Å². The average molecular weight is 330 g/mol. The number of hydrogen-bond donors (Lipinski definition) is 1. The molecule has 7 heteroatoms. The van der Waals surface area contributed by atoms with E-state index in [4.69, 9.17) is 4.74 Å². The maximum atomic E-state index is 13.7. The lowest BCUT2D eigenvalue weighted by atomic mass is 10.0. The van der Waals surface area contributed by atoms with Gasteiger partial charge in [-0.1, -0.05) is 0 Å². The Morgan fingerprint density at radius 2 is 2.00 bits per heavy atom. The summed E-state index contributed by atoms with van der Waals surface area (Å²) in [6, 6.07) is 6.05. The number of nitrogens with zero attached hydrogens (tertiary/aromatic N) is 3. The summed E-state index contributed by atoms with van der Waals surface area (Å²) in [6.45, 7) is 1.54. The Morgan fingerprint density at radius 3 is 2.62 bits per heavy atom. The molecule has 0 radical (unpaired) electrons. The molecule has 126 valence electrons. The van der Waals surface area contributed by atoms with Gasteiger partial charge in [0.2, 0.25) is 5.95 Å². The fourth-order valence-corrected chi connectivity index (χ4v) is 2.75. The van der Waals surface area contributed by atoms with Gasteiger partial charge in [-0.15, -0.1) is 0 Å². The van der Waals surface area contributed by atoms with E-state index in [-0.39, 0.29) is 17.7 Å². The number of hydrogen-bond acceptors (Lipinski definition) is 5. The van der Waals surface area contributed by atoms with Crippen molar-refractivity contribution in [1.82, 2.24) is 15.3 Å². The Morgan fingerprint density at radius 1 is 1.29 bits per heavy atom. The molecular formula is C17H19FN4O2. The highest BCUT2D eigenvalue weighted by atomic mass is 19.1. The lowest BCUT2D eigenvalue weighted by molar-refractivity contribution is 0.0930.